The van der Waals surface area contributed by atoms with E-state index in [1.165, 1.54) is 31.4 Å². The third-order valence-electron chi connectivity index (χ3n) is 4.63. The van der Waals surface area contributed by atoms with Crippen LogP contribution >= 0.6 is 0 Å². The Kier molecular flexibility index (Phi) is 9.15. The van der Waals surface area contributed by atoms with Crippen molar-refractivity contribution in [1.82, 2.24) is 4.90 Å². The van der Waals surface area contributed by atoms with Gasteiger partial charge in [-0.1, -0.05) is 30.7 Å². The first-order valence-corrected chi connectivity index (χ1v) is 8.95. The Morgan fingerprint density at radius 2 is 1.56 bits per heavy atom. The minimum absolute atomic E-state index is 0. The number of aromatic carboxylic acids is 1. The van der Waals surface area contributed by atoms with Crippen molar-refractivity contribution in [3.8, 4) is 5.75 Å². The van der Waals surface area contributed by atoms with E-state index in [4.69, 9.17) is 4.74 Å². The number of likely N-dealkylation sites (tertiary alicyclic amines) is 1. The second kappa shape index (κ2) is 11.1. The Bertz CT molecular complexity index is 770. The van der Waals surface area contributed by atoms with Crippen LogP contribution in [0.25, 0.3) is 0 Å². The Labute approximate surface area is 202 Å². The summed E-state index contributed by atoms with van der Waals surface area (Å²) in [4.78, 5) is 26.1. The molecule has 3 rings (SSSR count). The zero-order chi connectivity index (χ0) is 18.4. The van der Waals surface area contributed by atoms with Gasteiger partial charge in [0.05, 0.1) is 5.97 Å². The number of piperidine rings is 1. The fraction of sp³-hybridized carbons (Fsp3) is 0.333. The van der Waals surface area contributed by atoms with Gasteiger partial charge in [0.1, 0.15) is 12.4 Å². The van der Waals surface area contributed by atoms with E-state index in [2.05, 4.69) is 4.90 Å². The monoisotopic (exact) mass is 391 g/mol. The van der Waals surface area contributed by atoms with Crippen LogP contribution in [0.15, 0.2) is 48.5 Å². The molecule has 0 amide bonds. The molecule has 0 bridgehead atoms. The molecular weight excluding hydrogens is 369 g/mol. The standard InChI is InChI=1S/C21H23NO4.K/c23-20(18-6-2-3-7-19(18)21(24)25)16-8-10-17(11-9-16)26-15-14-22-12-4-1-5-13-22;/h2-3,6-11H,1,4-5,12-15H2,(H,24,25);/q;+1/p-1. The summed E-state index contributed by atoms with van der Waals surface area (Å²) in [6.07, 6.45) is 3.82. The van der Waals surface area contributed by atoms with Gasteiger partial charge in [-0.15, -0.1) is 0 Å². The molecule has 2 aromatic carbocycles. The van der Waals surface area contributed by atoms with E-state index in [1.807, 2.05) is 0 Å². The average Bonchev–Trinajstić information content (AvgIpc) is 2.69. The van der Waals surface area contributed by atoms with E-state index < -0.39 is 5.97 Å². The smallest absolute Gasteiger partial charge is 0.545 e. The van der Waals surface area contributed by atoms with E-state index in [0.717, 1.165) is 19.6 Å². The number of ketones is 1. The van der Waals surface area contributed by atoms with Crippen molar-refractivity contribution >= 4 is 11.8 Å². The van der Waals surface area contributed by atoms with E-state index in [0.29, 0.717) is 17.9 Å². The minimum Gasteiger partial charge on any atom is -0.545 e. The van der Waals surface area contributed by atoms with Gasteiger partial charge in [-0.25, -0.2) is 0 Å². The van der Waals surface area contributed by atoms with Crippen LogP contribution in [-0.2, 0) is 0 Å². The van der Waals surface area contributed by atoms with Crippen molar-refractivity contribution < 1.29 is 70.8 Å². The Hall–Kier alpha value is -1.02. The normalized spacial score (nSPS) is 14.2. The number of carboxylic acid groups (broad SMARTS) is 1. The van der Waals surface area contributed by atoms with Crippen molar-refractivity contribution in [1.29, 1.82) is 0 Å². The molecule has 1 saturated heterocycles. The number of hydrogen-bond donors (Lipinski definition) is 0. The van der Waals surface area contributed by atoms with E-state index in [9.17, 15) is 14.7 Å². The molecule has 1 aliphatic rings. The SMILES string of the molecule is O=C([O-])c1ccccc1C(=O)c1ccc(OCCN2CCCCC2)cc1.[K+]. The number of benzene rings is 2. The quantitative estimate of drug-likeness (QED) is 0.454. The van der Waals surface area contributed by atoms with Gasteiger partial charge >= 0.3 is 51.4 Å². The number of carbonyl (C=O) groups excluding carboxylic acids is 2. The predicted octanol–water partition coefficient (Wildman–Crippen LogP) is -0.850. The van der Waals surface area contributed by atoms with Crippen LogP contribution in [0, 0.1) is 0 Å². The fourth-order valence-electron chi connectivity index (χ4n) is 3.19. The molecule has 1 heterocycles. The van der Waals surface area contributed by atoms with Gasteiger partial charge in [0, 0.05) is 23.2 Å². The molecule has 2 aromatic rings. The van der Waals surface area contributed by atoms with Crippen LogP contribution in [0.1, 0.15) is 45.5 Å². The number of carbonyl (C=O) groups is 2. The Morgan fingerprint density at radius 1 is 0.926 bits per heavy atom. The van der Waals surface area contributed by atoms with E-state index in [1.54, 1.807) is 36.4 Å². The van der Waals surface area contributed by atoms with Crippen LogP contribution in [-0.4, -0.2) is 42.9 Å². The summed E-state index contributed by atoms with van der Waals surface area (Å²) in [5.74, 6) is -0.997. The molecule has 1 fully saturated rings. The van der Waals surface area contributed by atoms with Crippen LogP contribution in [0.4, 0.5) is 0 Å². The largest absolute Gasteiger partial charge is 1.00 e. The summed E-state index contributed by atoms with van der Waals surface area (Å²) < 4.78 is 5.75. The summed E-state index contributed by atoms with van der Waals surface area (Å²) >= 11 is 0. The Morgan fingerprint density at radius 3 is 2.19 bits per heavy atom. The fourth-order valence-corrected chi connectivity index (χ4v) is 3.19. The van der Waals surface area contributed by atoms with E-state index >= 15 is 0 Å². The maximum Gasteiger partial charge on any atom is 1.00 e. The number of rotatable bonds is 7. The number of nitrogens with zero attached hydrogens (tertiary/aromatic N) is 1. The van der Waals surface area contributed by atoms with Gasteiger partial charge in [0.25, 0.3) is 0 Å². The zero-order valence-corrected chi connectivity index (χ0v) is 18.8. The summed E-state index contributed by atoms with van der Waals surface area (Å²) in [7, 11) is 0. The van der Waals surface area contributed by atoms with Crippen molar-refractivity contribution in [3.63, 3.8) is 0 Å². The molecule has 0 aliphatic carbocycles. The predicted molar refractivity (Wildman–Crippen MR) is 96.4 cm³/mol. The molecule has 0 saturated carbocycles. The molecule has 0 spiro atoms. The van der Waals surface area contributed by atoms with Crippen LogP contribution in [0.2, 0.25) is 0 Å². The third kappa shape index (κ3) is 6.24. The first kappa shape index (κ1) is 22.3. The molecule has 6 heteroatoms. The first-order chi connectivity index (χ1) is 12.6. The van der Waals surface area contributed by atoms with Crippen LogP contribution in [0.3, 0.4) is 0 Å². The first-order valence-electron chi connectivity index (χ1n) is 8.95. The van der Waals surface area contributed by atoms with Crippen LogP contribution < -0.4 is 61.2 Å². The van der Waals surface area contributed by atoms with Gasteiger partial charge in [0.15, 0.2) is 5.78 Å². The average molecular weight is 392 g/mol. The molecule has 0 unspecified atom stereocenters. The molecule has 0 aromatic heterocycles. The summed E-state index contributed by atoms with van der Waals surface area (Å²) in [6.45, 7) is 3.78. The molecule has 0 atom stereocenters. The van der Waals surface area contributed by atoms with Gasteiger partial charge in [-0.05, 0) is 50.2 Å². The number of carboxylic acids is 1. The van der Waals surface area contributed by atoms with Gasteiger partial charge in [-0.3, -0.25) is 9.69 Å². The van der Waals surface area contributed by atoms with Gasteiger partial charge < -0.3 is 14.6 Å². The van der Waals surface area contributed by atoms with Crippen molar-refractivity contribution in [3.05, 3.63) is 65.2 Å². The molecule has 1 aliphatic heterocycles. The van der Waals surface area contributed by atoms with Crippen LogP contribution in [0.5, 0.6) is 5.75 Å². The topological polar surface area (TPSA) is 69.7 Å². The second-order valence-corrected chi connectivity index (χ2v) is 6.44. The minimum atomic E-state index is -1.35. The molecule has 5 nitrogen and oxygen atoms in total. The Balaban J connectivity index is 0.00000261. The second-order valence-electron chi connectivity index (χ2n) is 6.44. The van der Waals surface area contributed by atoms with Crippen molar-refractivity contribution in [2.75, 3.05) is 26.2 Å². The molecule has 0 N–H and O–H groups in total. The molecule has 27 heavy (non-hydrogen) atoms. The van der Waals surface area contributed by atoms with Gasteiger partial charge in [0.2, 0.25) is 0 Å². The summed E-state index contributed by atoms with van der Waals surface area (Å²) in [6, 6.07) is 12.9. The van der Waals surface area contributed by atoms with Gasteiger partial charge in [-0.2, -0.15) is 0 Å². The van der Waals surface area contributed by atoms with E-state index in [-0.39, 0.29) is 68.3 Å². The maximum atomic E-state index is 12.6. The number of hydrogen-bond acceptors (Lipinski definition) is 5. The molecular formula is C21H22KNO4. The third-order valence-corrected chi connectivity index (χ3v) is 4.63. The maximum absolute atomic E-state index is 12.6. The summed E-state index contributed by atoms with van der Waals surface area (Å²) in [5, 5.41) is 11.2. The zero-order valence-electron chi connectivity index (χ0n) is 15.6. The number of ether oxygens (including phenoxy) is 1. The molecule has 136 valence electrons. The van der Waals surface area contributed by atoms with Crippen molar-refractivity contribution in [2.45, 2.75) is 19.3 Å². The summed E-state index contributed by atoms with van der Waals surface area (Å²) in [5.41, 5.74) is 0.452. The molecule has 0 radical (unpaired) electrons. The van der Waals surface area contributed by atoms with Crippen molar-refractivity contribution in [2.24, 2.45) is 0 Å².